The molecule has 0 radical (unpaired) electrons. The van der Waals surface area contributed by atoms with Crippen LogP contribution in [0.2, 0.25) is 0 Å². The van der Waals surface area contributed by atoms with Gasteiger partial charge in [-0.25, -0.2) is 4.39 Å². The summed E-state index contributed by atoms with van der Waals surface area (Å²) in [6, 6.07) is 12.5. The number of rotatable bonds is 5. The Balaban J connectivity index is 1.72. The summed E-state index contributed by atoms with van der Waals surface area (Å²) in [7, 11) is 0. The zero-order chi connectivity index (χ0) is 23.0. The van der Waals surface area contributed by atoms with Crippen LogP contribution in [0.4, 0.5) is 4.39 Å². The van der Waals surface area contributed by atoms with Gasteiger partial charge in [0.05, 0.1) is 11.4 Å². The van der Waals surface area contributed by atoms with Crippen LogP contribution in [0.5, 0.6) is 5.75 Å². The van der Waals surface area contributed by atoms with Gasteiger partial charge in [-0.3, -0.25) is 14.4 Å². The second-order valence-corrected chi connectivity index (χ2v) is 7.85. The second kappa shape index (κ2) is 7.99. The summed E-state index contributed by atoms with van der Waals surface area (Å²) in [5.74, 6) is -3.59. The van der Waals surface area contributed by atoms with Crippen molar-refractivity contribution in [3.05, 3.63) is 65.7 Å². The number of nitrogens with one attached hydrogen (secondary N) is 1. The van der Waals surface area contributed by atoms with Gasteiger partial charge in [0.25, 0.3) is 5.91 Å². The van der Waals surface area contributed by atoms with Crippen molar-refractivity contribution >= 4 is 28.8 Å². The largest absolute Gasteiger partial charge is 0.486 e. The highest BCUT2D eigenvalue weighted by Gasteiger charge is 2.49. The molecule has 2 N–H and O–H groups in total. The Bertz CT molecular complexity index is 1210. The van der Waals surface area contributed by atoms with Crippen molar-refractivity contribution < 1.29 is 33.0 Å². The Labute approximate surface area is 182 Å². The number of carbonyl (C=O) groups is 3. The summed E-state index contributed by atoms with van der Waals surface area (Å²) >= 11 is 0. The zero-order valence-electron chi connectivity index (χ0n) is 17.4. The van der Waals surface area contributed by atoms with Crippen molar-refractivity contribution in [2.24, 2.45) is 0 Å². The lowest BCUT2D eigenvalue weighted by Crippen LogP contribution is -2.62. The number of amides is 2. The quantitative estimate of drug-likeness (QED) is 0.631. The molecule has 0 bridgehead atoms. The number of aliphatic carboxylic acids is 1. The Kier molecular flexibility index (Phi) is 5.33. The highest BCUT2D eigenvalue weighted by molar-refractivity contribution is 6.05. The van der Waals surface area contributed by atoms with E-state index < -0.39 is 41.7 Å². The summed E-state index contributed by atoms with van der Waals surface area (Å²) in [6.07, 6.45) is 0. The minimum atomic E-state index is -1.67. The summed E-state index contributed by atoms with van der Waals surface area (Å²) in [5, 5.41) is 12.5. The predicted octanol–water partition coefficient (Wildman–Crippen LogP) is 3.13. The van der Waals surface area contributed by atoms with Crippen LogP contribution in [0.1, 0.15) is 36.0 Å². The van der Waals surface area contributed by atoms with Crippen molar-refractivity contribution in [2.75, 3.05) is 13.2 Å². The molecule has 0 spiro atoms. The van der Waals surface area contributed by atoms with E-state index in [2.05, 4.69) is 5.32 Å². The van der Waals surface area contributed by atoms with Crippen LogP contribution < -0.4 is 10.1 Å². The molecule has 8 nitrogen and oxygen atoms in total. The fraction of sp³-hybridized carbons (Fsp3) is 0.261. The Morgan fingerprint density at radius 2 is 1.97 bits per heavy atom. The lowest BCUT2D eigenvalue weighted by Gasteiger charge is -2.37. The van der Waals surface area contributed by atoms with Gasteiger partial charge < -0.3 is 24.5 Å². The summed E-state index contributed by atoms with van der Waals surface area (Å²) in [4.78, 5) is 39.1. The summed E-state index contributed by atoms with van der Waals surface area (Å²) in [6.45, 7) is 2.10. The van der Waals surface area contributed by atoms with Gasteiger partial charge in [0, 0.05) is 0 Å². The Morgan fingerprint density at radius 3 is 2.66 bits per heavy atom. The van der Waals surface area contributed by atoms with Gasteiger partial charge in [0.1, 0.15) is 24.6 Å². The number of hydrogen-bond acceptors (Lipinski definition) is 5. The maximum absolute atomic E-state index is 13.8. The molecule has 4 rings (SSSR count). The first kappa shape index (κ1) is 21.4. The third kappa shape index (κ3) is 3.66. The number of hydrogen-bond donors (Lipinski definition) is 2. The molecule has 1 aromatic heterocycles. The Morgan fingerprint density at radius 1 is 1.25 bits per heavy atom. The molecule has 1 aliphatic heterocycles. The van der Waals surface area contributed by atoms with Gasteiger partial charge >= 0.3 is 5.97 Å². The first-order chi connectivity index (χ1) is 15.2. The van der Waals surface area contributed by atoms with Crippen LogP contribution in [0.3, 0.4) is 0 Å². The molecule has 32 heavy (non-hydrogen) atoms. The normalized spacial score (nSPS) is 19.1. The van der Waals surface area contributed by atoms with Crippen LogP contribution in [-0.4, -0.2) is 46.5 Å². The average molecular weight is 440 g/mol. The van der Waals surface area contributed by atoms with Gasteiger partial charge in [-0.05, 0) is 37.6 Å². The number of furan rings is 1. The number of carboxylic acids is 1. The average Bonchev–Trinajstić information content (AvgIpc) is 3.08. The first-order valence-corrected chi connectivity index (χ1v) is 9.95. The van der Waals surface area contributed by atoms with Crippen molar-refractivity contribution in [2.45, 2.75) is 25.4 Å². The molecule has 166 valence electrons. The van der Waals surface area contributed by atoms with Crippen molar-refractivity contribution in [1.82, 2.24) is 10.2 Å². The lowest BCUT2D eigenvalue weighted by atomic mass is 9.97. The predicted molar refractivity (Wildman–Crippen MR) is 112 cm³/mol. The van der Waals surface area contributed by atoms with Crippen molar-refractivity contribution in [1.29, 1.82) is 0 Å². The topological polar surface area (TPSA) is 109 Å². The smallest absolute Gasteiger partial charge is 0.323 e. The molecule has 3 aromatic rings. The number of ether oxygens (including phenoxy) is 1. The lowest BCUT2D eigenvalue weighted by molar-refractivity contribution is -0.142. The minimum absolute atomic E-state index is 0.0208. The molecule has 0 fully saturated rings. The number of halogens is 1. The van der Waals surface area contributed by atoms with E-state index in [1.165, 1.54) is 19.1 Å². The number of carbonyl (C=O) groups excluding carboxylic acids is 2. The molecule has 0 saturated carbocycles. The molecule has 2 aromatic carbocycles. The minimum Gasteiger partial charge on any atom is -0.486 e. The van der Waals surface area contributed by atoms with Crippen molar-refractivity contribution in [3.8, 4) is 5.75 Å². The van der Waals surface area contributed by atoms with Crippen LogP contribution in [0.25, 0.3) is 11.0 Å². The fourth-order valence-electron chi connectivity index (χ4n) is 3.72. The molecule has 1 aliphatic rings. The van der Waals surface area contributed by atoms with Crippen LogP contribution in [-0.2, 0) is 9.59 Å². The van der Waals surface area contributed by atoms with E-state index in [9.17, 15) is 23.9 Å². The van der Waals surface area contributed by atoms with E-state index >= 15 is 0 Å². The molecule has 2 atom stereocenters. The van der Waals surface area contributed by atoms with E-state index in [4.69, 9.17) is 9.15 Å². The van der Waals surface area contributed by atoms with E-state index in [1.807, 2.05) is 30.3 Å². The number of fused-ring (bicyclic) bond motifs is 3. The van der Waals surface area contributed by atoms with Crippen molar-refractivity contribution in [3.63, 3.8) is 0 Å². The van der Waals surface area contributed by atoms with Gasteiger partial charge in [0.15, 0.2) is 11.3 Å². The number of nitrogens with zero attached hydrogens (tertiary/aromatic N) is 1. The third-order valence-electron chi connectivity index (χ3n) is 5.57. The second-order valence-electron chi connectivity index (χ2n) is 7.85. The van der Waals surface area contributed by atoms with E-state index in [0.717, 1.165) is 16.5 Å². The standard InChI is InChI=1S/C23H21FN2O6/c1-13(14-6-4-3-5-7-14)25-22(30)23(2)12-31-19-16-10-15(24)8-9-17(16)32-20(19)21(29)26(23)11-18(27)28/h3-10,13H,11-12H2,1-2H3,(H,25,30)(H,27,28)/t13-,23+/m0/s1. The first-order valence-electron chi connectivity index (χ1n) is 9.95. The third-order valence-corrected chi connectivity index (χ3v) is 5.57. The fourth-order valence-corrected chi connectivity index (χ4v) is 3.72. The van der Waals surface area contributed by atoms with E-state index in [1.54, 1.807) is 6.92 Å². The van der Waals surface area contributed by atoms with Crippen LogP contribution >= 0.6 is 0 Å². The highest BCUT2D eigenvalue weighted by Crippen LogP contribution is 2.38. The molecule has 2 heterocycles. The molecular weight excluding hydrogens is 419 g/mol. The highest BCUT2D eigenvalue weighted by atomic mass is 19.1. The SMILES string of the molecule is C[C@H](NC(=O)[C@@]1(C)COc2c(oc3ccc(F)cc23)C(=O)N1CC(=O)O)c1ccccc1. The molecular formula is C23H21FN2O6. The number of carboxylic acid groups (broad SMARTS) is 1. The maximum Gasteiger partial charge on any atom is 0.323 e. The van der Waals surface area contributed by atoms with Gasteiger partial charge in [-0.15, -0.1) is 0 Å². The van der Waals surface area contributed by atoms with Crippen LogP contribution in [0.15, 0.2) is 52.9 Å². The maximum atomic E-state index is 13.8. The molecule has 0 unspecified atom stereocenters. The summed E-state index contributed by atoms with van der Waals surface area (Å²) < 4.78 is 25.1. The Hall–Kier alpha value is -3.88. The molecule has 9 heteroatoms. The monoisotopic (exact) mass is 440 g/mol. The van der Waals surface area contributed by atoms with E-state index in [0.29, 0.717) is 0 Å². The molecule has 2 amide bonds. The van der Waals surface area contributed by atoms with Gasteiger partial charge in [-0.1, -0.05) is 30.3 Å². The summed E-state index contributed by atoms with van der Waals surface area (Å²) in [5.41, 5.74) is -0.617. The zero-order valence-corrected chi connectivity index (χ0v) is 17.4. The molecule has 0 saturated heterocycles. The van der Waals surface area contributed by atoms with Gasteiger partial charge in [0.2, 0.25) is 11.7 Å². The van der Waals surface area contributed by atoms with Crippen LogP contribution in [0, 0.1) is 5.82 Å². The number of benzene rings is 2. The van der Waals surface area contributed by atoms with E-state index in [-0.39, 0.29) is 29.1 Å². The molecule has 0 aliphatic carbocycles. The van der Waals surface area contributed by atoms with Gasteiger partial charge in [-0.2, -0.15) is 0 Å².